The lowest BCUT2D eigenvalue weighted by Gasteiger charge is -2.35. The minimum absolute atomic E-state index is 0.136. The van der Waals surface area contributed by atoms with Crippen molar-refractivity contribution in [2.75, 3.05) is 19.8 Å². The fourth-order valence-electron chi connectivity index (χ4n) is 1.95. The number of ether oxygens (including phenoxy) is 1. The Morgan fingerprint density at radius 1 is 1.24 bits per heavy atom. The van der Waals surface area contributed by atoms with Crippen molar-refractivity contribution in [3.05, 3.63) is 30.3 Å². The summed E-state index contributed by atoms with van der Waals surface area (Å²) in [6.45, 7) is -1.32. The molecular weight excluding hydrogens is 311 g/mol. The Hall–Kier alpha value is -1.61. The van der Waals surface area contributed by atoms with Crippen molar-refractivity contribution in [1.29, 1.82) is 0 Å². The fraction of sp³-hybridized carbons (Fsp3) is 0.417. The molecule has 0 saturated carbocycles. The summed E-state index contributed by atoms with van der Waals surface area (Å²) in [6, 6.07) is 4.39. The highest BCUT2D eigenvalue weighted by atomic mass is 32.2. The van der Waals surface area contributed by atoms with E-state index in [1.54, 1.807) is 0 Å². The van der Waals surface area contributed by atoms with Gasteiger partial charge in [-0.05, 0) is 12.1 Å². The lowest BCUT2D eigenvalue weighted by atomic mass is 10.2. The number of nitrogens with zero attached hydrogens (tertiary/aromatic N) is 1. The van der Waals surface area contributed by atoms with Gasteiger partial charge in [0.05, 0.1) is 18.1 Å². The molecule has 1 aromatic rings. The number of amides is 1. The maximum atomic E-state index is 12.9. The van der Waals surface area contributed by atoms with Gasteiger partial charge >= 0.3 is 11.4 Å². The molecule has 1 atom stereocenters. The number of sulfone groups is 1. The Balaban J connectivity index is 2.34. The van der Waals surface area contributed by atoms with Crippen LogP contribution in [0.1, 0.15) is 0 Å². The Labute approximate surface area is 119 Å². The minimum atomic E-state index is -4.75. The summed E-state index contributed by atoms with van der Waals surface area (Å²) in [6.07, 6.45) is -4.75. The average Bonchev–Trinajstić information content (AvgIpc) is 2.46. The van der Waals surface area contributed by atoms with Gasteiger partial charge in [-0.15, -0.1) is 0 Å². The van der Waals surface area contributed by atoms with Crippen LogP contribution in [-0.2, 0) is 14.6 Å². The molecule has 0 spiro atoms. The fourth-order valence-corrected chi connectivity index (χ4v) is 3.19. The molecule has 2 rings (SSSR count). The zero-order valence-corrected chi connectivity index (χ0v) is 11.5. The van der Waals surface area contributed by atoms with Crippen molar-refractivity contribution < 1.29 is 31.1 Å². The normalized spacial score (nSPS) is 20.3. The number of alkyl halides is 3. The lowest BCUT2D eigenvalue weighted by Crippen LogP contribution is -2.56. The van der Waals surface area contributed by atoms with Gasteiger partial charge < -0.3 is 9.64 Å². The summed E-state index contributed by atoms with van der Waals surface area (Å²) in [5.74, 6) is 0. The summed E-state index contributed by atoms with van der Waals surface area (Å²) >= 11 is 0. The summed E-state index contributed by atoms with van der Waals surface area (Å²) in [5.41, 5.74) is 0. The number of hydrogen-bond donors (Lipinski definition) is 0. The van der Waals surface area contributed by atoms with Gasteiger partial charge in [-0.3, -0.25) is 4.79 Å². The largest absolute Gasteiger partial charge is 0.411 e. The van der Waals surface area contributed by atoms with Crippen LogP contribution in [0.2, 0.25) is 0 Å². The molecule has 1 saturated heterocycles. The third-order valence-corrected chi connectivity index (χ3v) is 4.61. The molecular formula is C12H12F3NO4S. The van der Waals surface area contributed by atoms with E-state index < -0.39 is 40.4 Å². The first-order valence-corrected chi connectivity index (χ1v) is 7.48. The SMILES string of the molecule is O=C(N1CCOCC1C(F)(F)F)S(=O)(=O)c1ccccc1. The van der Waals surface area contributed by atoms with Crippen molar-refractivity contribution in [1.82, 2.24) is 4.90 Å². The molecule has 5 nitrogen and oxygen atoms in total. The number of carbonyl (C=O) groups is 1. The van der Waals surface area contributed by atoms with E-state index in [9.17, 15) is 26.4 Å². The standard InChI is InChI=1S/C12H12F3NO4S/c13-12(14,15)10-8-20-7-6-16(10)11(17)21(18,19)9-4-2-1-3-5-9/h1-5,10H,6-8H2. The molecule has 0 aliphatic carbocycles. The first-order valence-electron chi connectivity index (χ1n) is 6.00. The van der Waals surface area contributed by atoms with Crippen LogP contribution in [0.5, 0.6) is 0 Å². The Morgan fingerprint density at radius 2 is 1.86 bits per heavy atom. The average molecular weight is 323 g/mol. The van der Waals surface area contributed by atoms with E-state index in [0.717, 1.165) is 12.1 Å². The van der Waals surface area contributed by atoms with Crippen LogP contribution in [0.25, 0.3) is 0 Å². The number of carbonyl (C=O) groups excluding carboxylic acids is 1. The molecule has 1 fully saturated rings. The predicted molar refractivity (Wildman–Crippen MR) is 66.4 cm³/mol. The Bertz CT molecular complexity index is 615. The van der Waals surface area contributed by atoms with Gasteiger partial charge in [0.2, 0.25) is 0 Å². The first kappa shape index (κ1) is 15.8. The Morgan fingerprint density at radius 3 is 2.43 bits per heavy atom. The van der Waals surface area contributed by atoms with Gasteiger partial charge in [0.1, 0.15) is 0 Å². The van der Waals surface area contributed by atoms with Gasteiger partial charge in [0.15, 0.2) is 6.04 Å². The van der Waals surface area contributed by atoms with Gasteiger partial charge in [-0.2, -0.15) is 13.2 Å². The quantitative estimate of drug-likeness (QED) is 0.791. The summed E-state index contributed by atoms with van der Waals surface area (Å²) in [5, 5.41) is -1.56. The molecule has 0 N–H and O–H groups in total. The molecule has 1 heterocycles. The summed E-state index contributed by atoms with van der Waals surface area (Å²) < 4.78 is 67.5. The zero-order chi connectivity index (χ0) is 15.7. The van der Waals surface area contributed by atoms with E-state index in [-0.39, 0.29) is 11.5 Å². The molecule has 0 aromatic heterocycles. The second-order valence-electron chi connectivity index (χ2n) is 4.41. The number of morpholine rings is 1. The third kappa shape index (κ3) is 3.18. The van der Waals surface area contributed by atoms with Crippen LogP contribution in [-0.4, -0.2) is 50.5 Å². The van der Waals surface area contributed by atoms with Crippen LogP contribution >= 0.6 is 0 Å². The van der Waals surface area contributed by atoms with E-state index in [0.29, 0.717) is 4.90 Å². The van der Waals surface area contributed by atoms with Gasteiger partial charge in [-0.25, -0.2) is 8.42 Å². The van der Waals surface area contributed by atoms with Crippen LogP contribution in [0, 0.1) is 0 Å². The highest BCUT2D eigenvalue weighted by Crippen LogP contribution is 2.29. The smallest absolute Gasteiger partial charge is 0.377 e. The van der Waals surface area contributed by atoms with E-state index in [4.69, 9.17) is 4.74 Å². The lowest BCUT2D eigenvalue weighted by molar-refractivity contribution is -0.200. The summed E-state index contributed by atoms with van der Waals surface area (Å²) in [7, 11) is -4.50. The van der Waals surface area contributed by atoms with Gasteiger partial charge in [-0.1, -0.05) is 18.2 Å². The molecule has 1 aliphatic heterocycles. The molecule has 0 bridgehead atoms. The van der Waals surface area contributed by atoms with Crippen LogP contribution in [0.4, 0.5) is 18.0 Å². The monoisotopic (exact) mass is 323 g/mol. The van der Waals surface area contributed by atoms with Crippen LogP contribution in [0.15, 0.2) is 35.2 Å². The molecule has 1 amide bonds. The molecule has 1 aliphatic rings. The number of rotatable bonds is 1. The van der Waals surface area contributed by atoms with Crippen molar-refractivity contribution >= 4 is 15.1 Å². The molecule has 1 unspecified atom stereocenters. The van der Waals surface area contributed by atoms with Crippen molar-refractivity contribution in [2.45, 2.75) is 17.1 Å². The van der Waals surface area contributed by atoms with Crippen molar-refractivity contribution in [3.8, 4) is 0 Å². The minimum Gasteiger partial charge on any atom is -0.377 e. The second kappa shape index (κ2) is 5.64. The van der Waals surface area contributed by atoms with Gasteiger partial charge in [0, 0.05) is 6.54 Å². The first-order chi connectivity index (χ1) is 9.74. The molecule has 0 radical (unpaired) electrons. The highest BCUT2D eigenvalue weighted by molar-refractivity contribution is 8.06. The zero-order valence-electron chi connectivity index (χ0n) is 10.7. The molecule has 9 heteroatoms. The molecule has 21 heavy (non-hydrogen) atoms. The maximum Gasteiger partial charge on any atom is 0.411 e. The van der Waals surface area contributed by atoms with Crippen molar-refractivity contribution in [3.63, 3.8) is 0 Å². The van der Waals surface area contributed by atoms with Crippen LogP contribution in [0.3, 0.4) is 0 Å². The van der Waals surface area contributed by atoms with Gasteiger partial charge in [0.25, 0.3) is 9.84 Å². The van der Waals surface area contributed by atoms with E-state index in [1.165, 1.54) is 18.2 Å². The third-order valence-electron chi connectivity index (χ3n) is 3.02. The molecule has 1 aromatic carbocycles. The number of benzene rings is 1. The van der Waals surface area contributed by atoms with E-state index in [2.05, 4.69) is 0 Å². The van der Waals surface area contributed by atoms with E-state index in [1.807, 2.05) is 0 Å². The predicted octanol–water partition coefficient (Wildman–Crippen LogP) is 1.84. The number of halogens is 3. The maximum absolute atomic E-state index is 12.9. The topological polar surface area (TPSA) is 63.7 Å². The van der Waals surface area contributed by atoms with Crippen LogP contribution < -0.4 is 0 Å². The molecule has 116 valence electrons. The van der Waals surface area contributed by atoms with Crippen molar-refractivity contribution in [2.24, 2.45) is 0 Å². The second-order valence-corrected chi connectivity index (χ2v) is 6.24. The van der Waals surface area contributed by atoms with E-state index >= 15 is 0 Å². The Kier molecular flexibility index (Phi) is 4.24. The number of hydrogen-bond acceptors (Lipinski definition) is 4. The summed E-state index contributed by atoms with van der Waals surface area (Å²) in [4.78, 5) is 12.0. The highest BCUT2D eigenvalue weighted by Gasteiger charge is 2.49.